The lowest BCUT2D eigenvalue weighted by molar-refractivity contribution is 0.0594. The molecular formula is C14H24N6O. The van der Waals surface area contributed by atoms with Crippen molar-refractivity contribution in [1.29, 1.82) is 0 Å². The molecule has 2 aliphatic rings. The van der Waals surface area contributed by atoms with Crippen LogP contribution in [0.15, 0.2) is 0 Å². The molecule has 116 valence electrons. The van der Waals surface area contributed by atoms with Crippen molar-refractivity contribution in [2.24, 2.45) is 5.92 Å². The molecule has 2 aliphatic heterocycles. The third-order valence-electron chi connectivity index (χ3n) is 4.04. The molecule has 7 nitrogen and oxygen atoms in total. The average molecular weight is 292 g/mol. The Hall–Kier alpha value is -1.63. The van der Waals surface area contributed by atoms with Gasteiger partial charge in [-0.2, -0.15) is 15.0 Å². The van der Waals surface area contributed by atoms with Crippen LogP contribution in [0.4, 0.5) is 17.8 Å². The number of nitrogens with one attached hydrogen (secondary N) is 2. The van der Waals surface area contributed by atoms with Crippen LogP contribution in [0.2, 0.25) is 0 Å². The second kappa shape index (κ2) is 6.89. The van der Waals surface area contributed by atoms with Crippen molar-refractivity contribution in [3.8, 4) is 0 Å². The number of hydrogen-bond donors (Lipinski definition) is 2. The molecule has 7 heteroatoms. The van der Waals surface area contributed by atoms with E-state index >= 15 is 0 Å². The summed E-state index contributed by atoms with van der Waals surface area (Å²) in [6.45, 7) is 4.64. The number of nitrogens with zero attached hydrogens (tertiary/aromatic N) is 4. The summed E-state index contributed by atoms with van der Waals surface area (Å²) in [6, 6.07) is 0. The lowest BCUT2D eigenvalue weighted by Gasteiger charge is -2.22. The van der Waals surface area contributed by atoms with Crippen LogP contribution < -0.4 is 15.5 Å². The van der Waals surface area contributed by atoms with Crippen molar-refractivity contribution in [2.45, 2.75) is 25.7 Å². The first-order valence-corrected chi connectivity index (χ1v) is 7.85. The molecular weight excluding hydrogens is 268 g/mol. The normalized spacial score (nSPS) is 22.3. The predicted octanol–water partition coefficient (Wildman–Crippen LogP) is 1.35. The summed E-state index contributed by atoms with van der Waals surface area (Å²) in [6.07, 6.45) is 4.77. The van der Waals surface area contributed by atoms with Gasteiger partial charge in [0.05, 0.1) is 6.61 Å². The molecule has 2 fully saturated rings. The highest BCUT2D eigenvalue weighted by molar-refractivity contribution is 5.44. The summed E-state index contributed by atoms with van der Waals surface area (Å²) in [4.78, 5) is 15.6. The van der Waals surface area contributed by atoms with Gasteiger partial charge in [-0.05, 0) is 31.6 Å². The molecule has 0 aromatic carbocycles. The van der Waals surface area contributed by atoms with E-state index in [2.05, 4.69) is 30.5 Å². The molecule has 0 amide bonds. The fourth-order valence-electron chi connectivity index (χ4n) is 2.82. The molecule has 0 spiro atoms. The van der Waals surface area contributed by atoms with Crippen molar-refractivity contribution in [2.75, 3.05) is 55.4 Å². The van der Waals surface area contributed by atoms with E-state index in [9.17, 15) is 0 Å². The second-order valence-electron chi connectivity index (χ2n) is 5.69. The fourth-order valence-corrected chi connectivity index (χ4v) is 2.82. The highest BCUT2D eigenvalue weighted by Gasteiger charge is 2.18. The number of rotatable bonds is 5. The molecule has 0 radical (unpaired) electrons. The highest BCUT2D eigenvalue weighted by atomic mass is 16.5. The molecule has 3 rings (SSSR count). The first kappa shape index (κ1) is 14.3. The number of aromatic nitrogens is 3. The van der Waals surface area contributed by atoms with Crippen molar-refractivity contribution in [3.63, 3.8) is 0 Å². The molecule has 1 aromatic rings. The minimum atomic E-state index is 0.545. The van der Waals surface area contributed by atoms with Gasteiger partial charge in [0.2, 0.25) is 17.8 Å². The van der Waals surface area contributed by atoms with Gasteiger partial charge in [0.15, 0.2) is 0 Å². The fraction of sp³-hybridized carbons (Fsp3) is 0.786. The lowest BCUT2D eigenvalue weighted by Crippen LogP contribution is -2.26. The van der Waals surface area contributed by atoms with Gasteiger partial charge in [0, 0.05) is 33.3 Å². The average Bonchev–Trinajstić information content (AvgIpc) is 3.08. The van der Waals surface area contributed by atoms with Gasteiger partial charge in [-0.15, -0.1) is 0 Å². The molecule has 1 unspecified atom stereocenters. The minimum Gasteiger partial charge on any atom is -0.381 e. The maximum Gasteiger partial charge on any atom is 0.231 e. The smallest absolute Gasteiger partial charge is 0.231 e. The summed E-state index contributed by atoms with van der Waals surface area (Å²) in [5.41, 5.74) is 0. The van der Waals surface area contributed by atoms with Gasteiger partial charge >= 0.3 is 0 Å². The highest BCUT2D eigenvalue weighted by Crippen LogP contribution is 2.19. The van der Waals surface area contributed by atoms with Crippen LogP contribution in [0.5, 0.6) is 0 Å². The Morgan fingerprint density at radius 3 is 2.67 bits per heavy atom. The van der Waals surface area contributed by atoms with Crippen LogP contribution in [-0.2, 0) is 4.74 Å². The molecule has 1 aromatic heterocycles. The van der Waals surface area contributed by atoms with Gasteiger partial charge in [-0.3, -0.25) is 0 Å². The summed E-state index contributed by atoms with van der Waals surface area (Å²) in [7, 11) is 1.84. The van der Waals surface area contributed by atoms with E-state index in [1.807, 2.05) is 7.05 Å². The van der Waals surface area contributed by atoms with Crippen LogP contribution >= 0.6 is 0 Å². The zero-order valence-electron chi connectivity index (χ0n) is 12.6. The SMILES string of the molecule is CNc1nc(NCC2CCCOC2)nc(N2CCCC2)n1. The van der Waals surface area contributed by atoms with Crippen LogP contribution in [0.3, 0.4) is 0 Å². The van der Waals surface area contributed by atoms with Gasteiger partial charge < -0.3 is 20.3 Å². The molecule has 2 saturated heterocycles. The first-order chi connectivity index (χ1) is 10.3. The van der Waals surface area contributed by atoms with Crippen LogP contribution in [-0.4, -0.2) is 54.8 Å². The molecule has 3 heterocycles. The van der Waals surface area contributed by atoms with E-state index in [0.717, 1.165) is 45.2 Å². The maximum atomic E-state index is 5.51. The Labute approximate surface area is 125 Å². The minimum absolute atomic E-state index is 0.545. The van der Waals surface area contributed by atoms with Crippen molar-refractivity contribution in [1.82, 2.24) is 15.0 Å². The molecule has 0 bridgehead atoms. The summed E-state index contributed by atoms with van der Waals surface area (Å²) in [5, 5.41) is 6.36. The molecule has 0 aliphatic carbocycles. The Morgan fingerprint density at radius 1 is 1.14 bits per heavy atom. The zero-order valence-corrected chi connectivity index (χ0v) is 12.6. The molecule has 2 N–H and O–H groups in total. The van der Waals surface area contributed by atoms with E-state index in [-0.39, 0.29) is 0 Å². The second-order valence-corrected chi connectivity index (χ2v) is 5.69. The number of anilines is 3. The zero-order chi connectivity index (χ0) is 14.5. The predicted molar refractivity (Wildman–Crippen MR) is 82.9 cm³/mol. The monoisotopic (exact) mass is 292 g/mol. The van der Waals surface area contributed by atoms with Crippen molar-refractivity contribution < 1.29 is 4.74 Å². The van der Waals surface area contributed by atoms with Crippen LogP contribution in [0.25, 0.3) is 0 Å². The van der Waals surface area contributed by atoms with Gasteiger partial charge in [0.25, 0.3) is 0 Å². The molecule has 1 atom stereocenters. The Bertz CT molecular complexity index is 457. The summed E-state index contributed by atoms with van der Waals surface area (Å²) >= 11 is 0. The first-order valence-electron chi connectivity index (χ1n) is 7.85. The van der Waals surface area contributed by atoms with Crippen LogP contribution in [0, 0.1) is 5.92 Å². The Kier molecular flexibility index (Phi) is 4.69. The van der Waals surface area contributed by atoms with E-state index < -0.39 is 0 Å². The maximum absolute atomic E-state index is 5.51. The topological polar surface area (TPSA) is 75.2 Å². The van der Waals surface area contributed by atoms with E-state index in [0.29, 0.717) is 17.8 Å². The van der Waals surface area contributed by atoms with Gasteiger partial charge in [-0.25, -0.2) is 0 Å². The van der Waals surface area contributed by atoms with Crippen molar-refractivity contribution >= 4 is 17.8 Å². The largest absolute Gasteiger partial charge is 0.381 e. The standard InChI is InChI=1S/C14H24N6O/c1-15-12-17-13(16-9-11-5-4-8-21-10-11)19-14(18-12)20-6-2-3-7-20/h11H,2-10H2,1H3,(H2,15,16,17,18,19). The summed E-state index contributed by atoms with van der Waals surface area (Å²) < 4.78 is 5.51. The van der Waals surface area contributed by atoms with Gasteiger partial charge in [-0.1, -0.05) is 0 Å². The Morgan fingerprint density at radius 2 is 1.95 bits per heavy atom. The summed E-state index contributed by atoms with van der Waals surface area (Å²) in [5.74, 6) is 2.59. The number of hydrogen-bond acceptors (Lipinski definition) is 7. The lowest BCUT2D eigenvalue weighted by atomic mass is 10.0. The van der Waals surface area contributed by atoms with E-state index in [1.54, 1.807) is 0 Å². The third-order valence-corrected chi connectivity index (χ3v) is 4.04. The molecule has 0 saturated carbocycles. The Balaban J connectivity index is 1.66. The van der Waals surface area contributed by atoms with E-state index in [4.69, 9.17) is 4.74 Å². The van der Waals surface area contributed by atoms with Crippen LogP contribution in [0.1, 0.15) is 25.7 Å². The van der Waals surface area contributed by atoms with Gasteiger partial charge in [0.1, 0.15) is 0 Å². The van der Waals surface area contributed by atoms with E-state index in [1.165, 1.54) is 19.3 Å². The molecule has 21 heavy (non-hydrogen) atoms. The quantitative estimate of drug-likeness (QED) is 0.848. The van der Waals surface area contributed by atoms with Crippen molar-refractivity contribution in [3.05, 3.63) is 0 Å². The third kappa shape index (κ3) is 3.72. The number of ether oxygens (including phenoxy) is 1.